The molecule has 1 aromatic rings. The third-order valence-electron chi connectivity index (χ3n) is 3.43. The SMILES string of the molecule is CCOC1(C2CC2)NC(=O)N(C(=O)Oc2ccccc2)N1. The smallest absolute Gasteiger partial charge is 0.409 e. The number of para-hydroxylation sites is 1. The molecule has 2 fully saturated rings. The molecule has 0 bridgehead atoms. The van der Waals surface area contributed by atoms with Crippen molar-refractivity contribution in [3.05, 3.63) is 30.3 Å². The van der Waals surface area contributed by atoms with Gasteiger partial charge in [-0.05, 0) is 31.9 Å². The van der Waals surface area contributed by atoms with E-state index in [0.29, 0.717) is 12.4 Å². The number of carbonyl (C=O) groups is 2. The molecule has 1 heterocycles. The molecule has 7 heteroatoms. The summed E-state index contributed by atoms with van der Waals surface area (Å²) in [6, 6.07) is 8.01. The Bertz CT molecular complexity index is 546. The van der Waals surface area contributed by atoms with E-state index in [1.807, 2.05) is 13.0 Å². The van der Waals surface area contributed by atoms with Crippen LogP contribution in [0.2, 0.25) is 0 Å². The van der Waals surface area contributed by atoms with Crippen LogP contribution >= 0.6 is 0 Å². The molecule has 112 valence electrons. The second-order valence-corrected chi connectivity index (χ2v) is 5.00. The first kappa shape index (κ1) is 13.8. The lowest BCUT2D eigenvalue weighted by Crippen LogP contribution is -2.56. The molecule has 2 aliphatic rings. The third-order valence-corrected chi connectivity index (χ3v) is 3.43. The maximum absolute atomic E-state index is 12.1. The molecule has 0 radical (unpaired) electrons. The lowest BCUT2D eigenvalue weighted by Gasteiger charge is -2.28. The average Bonchev–Trinajstić information content (AvgIpc) is 3.26. The lowest BCUT2D eigenvalue weighted by atomic mass is 10.3. The van der Waals surface area contributed by atoms with Gasteiger partial charge in [-0.25, -0.2) is 9.59 Å². The molecule has 1 aliphatic carbocycles. The van der Waals surface area contributed by atoms with Crippen LogP contribution in [-0.4, -0.2) is 29.6 Å². The zero-order chi connectivity index (χ0) is 14.9. The van der Waals surface area contributed by atoms with Crippen molar-refractivity contribution in [2.24, 2.45) is 5.92 Å². The van der Waals surface area contributed by atoms with Crippen LogP contribution in [0, 0.1) is 5.92 Å². The fraction of sp³-hybridized carbons (Fsp3) is 0.429. The molecule has 1 aliphatic heterocycles. The van der Waals surface area contributed by atoms with E-state index in [0.717, 1.165) is 17.9 Å². The van der Waals surface area contributed by atoms with E-state index in [-0.39, 0.29) is 5.92 Å². The van der Waals surface area contributed by atoms with Crippen molar-refractivity contribution in [1.82, 2.24) is 15.8 Å². The van der Waals surface area contributed by atoms with Gasteiger partial charge in [0, 0.05) is 12.5 Å². The highest BCUT2D eigenvalue weighted by molar-refractivity contribution is 5.93. The van der Waals surface area contributed by atoms with Gasteiger partial charge in [0.25, 0.3) is 0 Å². The zero-order valence-corrected chi connectivity index (χ0v) is 11.7. The Balaban J connectivity index is 1.71. The van der Waals surface area contributed by atoms with E-state index in [1.54, 1.807) is 24.3 Å². The second kappa shape index (κ2) is 5.34. The molecular formula is C14H17N3O4. The zero-order valence-electron chi connectivity index (χ0n) is 11.7. The van der Waals surface area contributed by atoms with Crippen molar-refractivity contribution in [1.29, 1.82) is 0 Å². The van der Waals surface area contributed by atoms with Gasteiger partial charge in [-0.2, -0.15) is 10.4 Å². The van der Waals surface area contributed by atoms with Crippen LogP contribution in [-0.2, 0) is 4.74 Å². The van der Waals surface area contributed by atoms with Crippen molar-refractivity contribution in [3.63, 3.8) is 0 Å². The van der Waals surface area contributed by atoms with E-state index < -0.39 is 18.0 Å². The Kier molecular flexibility index (Phi) is 3.52. The minimum atomic E-state index is -0.998. The quantitative estimate of drug-likeness (QED) is 0.884. The number of nitrogens with zero attached hydrogens (tertiary/aromatic N) is 1. The monoisotopic (exact) mass is 291 g/mol. The molecule has 1 atom stereocenters. The van der Waals surface area contributed by atoms with Crippen LogP contribution in [0.15, 0.2) is 30.3 Å². The first-order valence-corrected chi connectivity index (χ1v) is 6.95. The second-order valence-electron chi connectivity index (χ2n) is 5.00. The highest BCUT2D eigenvalue weighted by Gasteiger charge is 2.55. The summed E-state index contributed by atoms with van der Waals surface area (Å²) in [6.45, 7) is 2.26. The van der Waals surface area contributed by atoms with Gasteiger partial charge in [-0.1, -0.05) is 18.2 Å². The summed E-state index contributed by atoms with van der Waals surface area (Å²) in [5, 5.41) is 3.52. The van der Waals surface area contributed by atoms with Gasteiger partial charge >= 0.3 is 12.1 Å². The van der Waals surface area contributed by atoms with Crippen LogP contribution in [0.5, 0.6) is 5.75 Å². The van der Waals surface area contributed by atoms with Crippen LogP contribution < -0.4 is 15.5 Å². The number of carbonyl (C=O) groups excluding carboxylic acids is 2. The number of amides is 3. The largest absolute Gasteiger partial charge is 0.438 e. The van der Waals surface area contributed by atoms with E-state index in [2.05, 4.69) is 10.7 Å². The Morgan fingerprint density at radius 3 is 2.71 bits per heavy atom. The Morgan fingerprint density at radius 2 is 2.10 bits per heavy atom. The molecule has 3 amide bonds. The van der Waals surface area contributed by atoms with Gasteiger partial charge < -0.3 is 9.47 Å². The molecule has 1 saturated heterocycles. The van der Waals surface area contributed by atoms with Gasteiger partial charge in [0.2, 0.25) is 5.85 Å². The van der Waals surface area contributed by atoms with Crippen molar-refractivity contribution >= 4 is 12.1 Å². The number of ether oxygens (including phenoxy) is 2. The van der Waals surface area contributed by atoms with Crippen molar-refractivity contribution in [2.75, 3.05) is 6.61 Å². The van der Waals surface area contributed by atoms with Gasteiger partial charge in [0.15, 0.2) is 0 Å². The highest BCUT2D eigenvalue weighted by atomic mass is 16.6. The highest BCUT2D eigenvalue weighted by Crippen LogP contribution is 2.40. The number of imide groups is 1. The van der Waals surface area contributed by atoms with Crippen molar-refractivity contribution in [3.8, 4) is 5.75 Å². The summed E-state index contributed by atoms with van der Waals surface area (Å²) in [7, 11) is 0. The van der Waals surface area contributed by atoms with E-state index in [4.69, 9.17) is 9.47 Å². The summed E-state index contributed by atoms with van der Waals surface area (Å²) >= 11 is 0. The minimum absolute atomic E-state index is 0.163. The molecule has 0 aromatic heterocycles. The predicted molar refractivity (Wildman–Crippen MR) is 73.1 cm³/mol. The molecule has 2 N–H and O–H groups in total. The number of hydrogen-bond donors (Lipinski definition) is 2. The molecule has 7 nitrogen and oxygen atoms in total. The molecule has 0 spiro atoms. The summed E-state index contributed by atoms with van der Waals surface area (Å²) in [6.07, 6.45) is 1.09. The van der Waals surface area contributed by atoms with Gasteiger partial charge in [-0.15, -0.1) is 0 Å². The van der Waals surface area contributed by atoms with E-state index in [9.17, 15) is 9.59 Å². The number of hydrogen-bond acceptors (Lipinski definition) is 5. The summed E-state index contributed by atoms with van der Waals surface area (Å²) in [5.74, 6) is -0.463. The maximum atomic E-state index is 12.1. The molecular weight excluding hydrogens is 274 g/mol. The number of urea groups is 1. The Morgan fingerprint density at radius 1 is 1.38 bits per heavy atom. The van der Waals surface area contributed by atoms with Crippen LogP contribution in [0.25, 0.3) is 0 Å². The normalized spacial score (nSPS) is 24.8. The first-order valence-electron chi connectivity index (χ1n) is 6.95. The van der Waals surface area contributed by atoms with E-state index >= 15 is 0 Å². The molecule has 1 aromatic carbocycles. The molecule has 1 unspecified atom stereocenters. The Labute approximate surface area is 122 Å². The maximum Gasteiger partial charge on any atom is 0.438 e. The van der Waals surface area contributed by atoms with Crippen molar-refractivity contribution in [2.45, 2.75) is 25.6 Å². The third kappa shape index (κ3) is 2.70. The molecule has 21 heavy (non-hydrogen) atoms. The van der Waals surface area contributed by atoms with Crippen LogP contribution in [0.4, 0.5) is 9.59 Å². The number of benzene rings is 1. The predicted octanol–water partition coefficient (Wildman–Crippen LogP) is 1.82. The molecule has 1 saturated carbocycles. The number of hydrazine groups is 1. The van der Waals surface area contributed by atoms with Crippen LogP contribution in [0.3, 0.4) is 0 Å². The summed E-state index contributed by atoms with van der Waals surface area (Å²) in [4.78, 5) is 24.1. The fourth-order valence-corrected chi connectivity index (χ4v) is 2.32. The van der Waals surface area contributed by atoms with Crippen molar-refractivity contribution < 1.29 is 19.1 Å². The summed E-state index contributed by atoms with van der Waals surface area (Å²) in [5.41, 5.74) is 2.81. The number of rotatable bonds is 4. The standard InChI is InChI=1S/C14H17N3O4/c1-2-20-14(10-8-9-10)15-12(18)17(16-14)13(19)21-11-6-4-3-5-7-11/h3-7,10,16H,2,8-9H2,1H3,(H,15,18). The lowest BCUT2D eigenvalue weighted by molar-refractivity contribution is -0.0996. The summed E-state index contributed by atoms with van der Waals surface area (Å²) < 4.78 is 10.8. The average molecular weight is 291 g/mol. The minimum Gasteiger partial charge on any atom is -0.409 e. The van der Waals surface area contributed by atoms with Gasteiger partial charge in [0.05, 0.1) is 0 Å². The van der Waals surface area contributed by atoms with Crippen LogP contribution in [0.1, 0.15) is 19.8 Å². The number of nitrogens with one attached hydrogen (secondary N) is 2. The first-order chi connectivity index (χ1) is 10.1. The molecule has 3 rings (SSSR count). The Hall–Kier alpha value is -2.12. The van der Waals surface area contributed by atoms with Gasteiger partial charge in [0.1, 0.15) is 5.75 Å². The van der Waals surface area contributed by atoms with Gasteiger partial charge in [-0.3, -0.25) is 5.32 Å². The van der Waals surface area contributed by atoms with E-state index in [1.165, 1.54) is 0 Å². The topological polar surface area (TPSA) is 79.9 Å². The fourth-order valence-electron chi connectivity index (χ4n) is 2.32.